The van der Waals surface area contributed by atoms with Crippen LogP contribution in [0, 0.1) is 11.3 Å². The van der Waals surface area contributed by atoms with Crippen LogP contribution in [0.5, 0.6) is 0 Å². The van der Waals surface area contributed by atoms with Gasteiger partial charge in [0.15, 0.2) is 0 Å². The van der Waals surface area contributed by atoms with E-state index in [2.05, 4.69) is 26.8 Å². The lowest BCUT2D eigenvalue weighted by molar-refractivity contribution is 0.274. The van der Waals surface area contributed by atoms with E-state index in [9.17, 15) is 0 Å². The molecule has 0 spiro atoms. The third-order valence-corrected chi connectivity index (χ3v) is 2.76. The molecule has 0 radical (unpaired) electrons. The summed E-state index contributed by atoms with van der Waals surface area (Å²) < 4.78 is 2.03. The maximum Gasteiger partial charge on any atom is 0.101 e. The molecule has 0 fully saturated rings. The molecule has 0 aliphatic rings. The Hall–Kier alpha value is -1.27. The lowest BCUT2D eigenvalue weighted by atomic mass is 9.97. The molecular weight excluding hydrogens is 200 g/mol. The summed E-state index contributed by atoms with van der Waals surface area (Å²) in [6, 6.07) is 2.25. The summed E-state index contributed by atoms with van der Waals surface area (Å²) in [5.74, 6) is 0.358. The minimum atomic E-state index is 0.119. The van der Waals surface area contributed by atoms with Gasteiger partial charge in [0.25, 0.3) is 0 Å². The summed E-state index contributed by atoms with van der Waals surface area (Å²) in [6.45, 7) is 7.05. The van der Waals surface area contributed by atoms with Crippen molar-refractivity contribution in [2.45, 2.75) is 46.1 Å². The standard InChI is InChI=1S/C13H20N2O/c1-4-5-12-13(10(2)3)11(8-14)9-15(12)6-7-16/h9-10,16H,4-7H2,1-3H3. The molecule has 0 aliphatic carbocycles. The molecule has 0 unspecified atom stereocenters. The summed E-state index contributed by atoms with van der Waals surface area (Å²) in [5.41, 5.74) is 3.12. The van der Waals surface area contributed by atoms with E-state index in [4.69, 9.17) is 10.4 Å². The van der Waals surface area contributed by atoms with Gasteiger partial charge in [0, 0.05) is 18.4 Å². The van der Waals surface area contributed by atoms with Gasteiger partial charge < -0.3 is 9.67 Å². The first kappa shape index (κ1) is 12.8. The van der Waals surface area contributed by atoms with Crippen molar-refractivity contribution < 1.29 is 5.11 Å². The van der Waals surface area contributed by atoms with Gasteiger partial charge in [-0.2, -0.15) is 5.26 Å². The fourth-order valence-corrected chi connectivity index (χ4v) is 2.17. The highest BCUT2D eigenvalue weighted by molar-refractivity contribution is 5.43. The first-order chi connectivity index (χ1) is 7.65. The van der Waals surface area contributed by atoms with Gasteiger partial charge in [-0.05, 0) is 17.9 Å². The molecule has 0 saturated heterocycles. The highest BCUT2D eigenvalue weighted by atomic mass is 16.3. The van der Waals surface area contributed by atoms with Crippen LogP contribution in [0.3, 0.4) is 0 Å². The third-order valence-electron chi connectivity index (χ3n) is 2.76. The molecule has 0 bridgehead atoms. The predicted molar refractivity (Wildman–Crippen MR) is 64.3 cm³/mol. The summed E-state index contributed by atoms with van der Waals surface area (Å²) in [6.07, 6.45) is 3.89. The van der Waals surface area contributed by atoms with Crippen LogP contribution in [0.4, 0.5) is 0 Å². The highest BCUT2D eigenvalue weighted by Gasteiger charge is 2.17. The Kier molecular flexibility index (Phi) is 4.57. The minimum absolute atomic E-state index is 0.119. The molecule has 0 aliphatic heterocycles. The average Bonchev–Trinajstić information content (AvgIpc) is 2.58. The van der Waals surface area contributed by atoms with Gasteiger partial charge in [-0.25, -0.2) is 0 Å². The van der Waals surface area contributed by atoms with E-state index >= 15 is 0 Å². The van der Waals surface area contributed by atoms with Gasteiger partial charge in [0.05, 0.1) is 12.2 Å². The van der Waals surface area contributed by atoms with Crippen molar-refractivity contribution in [3.05, 3.63) is 23.0 Å². The van der Waals surface area contributed by atoms with E-state index < -0.39 is 0 Å². The van der Waals surface area contributed by atoms with Crippen LogP contribution in [0.25, 0.3) is 0 Å². The van der Waals surface area contributed by atoms with Crippen molar-refractivity contribution in [3.8, 4) is 6.07 Å². The van der Waals surface area contributed by atoms with E-state index in [1.54, 1.807) is 0 Å². The zero-order valence-corrected chi connectivity index (χ0v) is 10.3. The number of aromatic nitrogens is 1. The molecule has 0 atom stereocenters. The second-order valence-corrected chi connectivity index (χ2v) is 4.34. The Morgan fingerprint density at radius 2 is 2.19 bits per heavy atom. The van der Waals surface area contributed by atoms with Crippen LogP contribution in [0.15, 0.2) is 6.20 Å². The van der Waals surface area contributed by atoms with Gasteiger partial charge >= 0.3 is 0 Å². The zero-order valence-electron chi connectivity index (χ0n) is 10.3. The molecule has 0 amide bonds. The molecule has 1 aromatic heterocycles. The Bertz CT molecular complexity index is 385. The second kappa shape index (κ2) is 5.72. The molecule has 16 heavy (non-hydrogen) atoms. The first-order valence-electron chi connectivity index (χ1n) is 5.88. The Morgan fingerprint density at radius 1 is 1.50 bits per heavy atom. The van der Waals surface area contributed by atoms with Gasteiger partial charge in [-0.1, -0.05) is 27.2 Å². The molecule has 1 heterocycles. The number of rotatable bonds is 5. The van der Waals surface area contributed by atoms with E-state index in [-0.39, 0.29) is 6.61 Å². The minimum Gasteiger partial charge on any atom is -0.395 e. The van der Waals surface area contributed by atoms with E-state index in [0.29, 0.717) is 12.5 Å². The molecule has 3 heteroatoms. The summed E-state index contributed by atoms with van der Waals surface area (Å²) in [7, 11) is 0. The Labute approximate surface area is 97.3 Å². The summed E-state index contributed by atoms with van der Waals surface area (Å²) >= 11 is 0. The van der Waals surface area contributed by atoms with Crippen LogP contribution in [0.2, 0.25) is 0 Å². The maximum atomic E-state index is 9.12. The van der Waals surface area contributed by atoms with Crippen molar-refractivity contribution in [3.63, 3.8) is 0 Å². The highest BCUT2D eigenvalue weighted by Crippen LogP contribution is 2.26. The molecule has 1 N–H and O–H groups in total. The molecular formula is C13H20N2O. The SMILES string of the molecule is CCCc1c(C(C)C)c(C#N)cn1CCO. The summed E-state index contributed by atoms with van der Waals surface area (Å²) in [4.78, 5) is 0. The molecule has 0 saturated carbocycles. The van der Waals surface area contributed by atoms with Crippen LogP contribution in [-0.2, 0) is 13.0 Å². The fraction of sp³-hybridized carbons (Fsp3) is 0.615. The normalized spacial score (nSPS) is 10.8. The topological polar surface area (TPSA) is 49.0 Å². The quantitative estimate of drug-likeness (QED) is 0.828. The van der Waals surface area contributed by atoms with Crippen molar-refractivity contribution in [2.24, 2.45) is 0 Å². The molecule has 88 valence electrons. The lowest BCUT2D eigenvalue weighted by Crippen LogP contribution is -2.07. The number of aliphatic hydroxyl groups is 1. The number of hydrogen-bond acceptors (Lipinski definition) is 2. The predicted octanol–water partition coefficient (Wildman–Crippen LogP) is 2.43. The van der Waals surface area contributed by atoms with E-state index in [1.807, 2.05) is 10.8 Å². The summed E-state index contributed by atoms with van der Waals surface area (Å²) in [5, 5.41) is 18.1. The first-order valence-corrected chi connectivity index (χ1v) is 5.88. The van der Waals surface area contributed by atoms with E-state index in [0.717, 1.165) is 24.0 Å². The Morgan fingerprint density at radius 3 is 2.62 bits per heavy atom. The number of hydrogen-bond donors (Lipinski definition) is 1. The molecule has 1 aromatic rings. The lowest BCUT2D eigenvalue weighted by Gasteiger charge is -2.11. The van der Waals surface area contributed by atoms with Crippen molar-refractivity contribution in [1.29, 1.82) is 5.26 Å². The Balaban J connectivity index is 3.25. The van der Waals surface area contributed by atoms with E-state index in [1.165, 1.54) is 5.69 Å². The van der Waals surface area contributed by atoms with Crippen molar-refractivity contribution >= 4 is 0 Å². The third kappa shape index (κ3) is 2.45. The zero-order chi connectivity index (χ0) is 12.1. The van der Waals surface area contributed by atoms with Crippen LogP contribution in [0.1, 0.15) is 49.9 Å². The van der Waals surface area contributed by atoms with Gasteiger partial charge in [0.2, 0.25) is 0 Å². The fourth-order valence-electron chi connectivity index (χ4n) is 2.17. The smallest absolute Gasteiger partial charge is 0.101 e. The molecule has 0 aromatic carbocycles. The van der Waals surface area contributed by atoms with Crippen molar-refractivity contribution in [1.82, 2.24) is 4.57 Å². The van der Waals surface area contributed by atoms with Crippen LogP contribution >= 0.6 is 0 Å². The van der Waals surface area contributed by atoms with Crippen molar-refractivity contribution in [2.75, 3.05) is 6.61 Å². The number of aliphatic hydroxyl groups excluding tert-OH is 1. The maximum absolute atomic E-state index is 9.12. The van der Waals surface area contributed by atoms with Gasteiger partial charge in [-0.15, -0.1) is 0 Å². The largest absolute Gasteiger partial charge is 0.395 e. The monoisotopic (exact) mass is 220 g/mol. The van der Waals surface area contributed by atoms with Crippen LogP contribution < -0.4 is 0 Å². The molecule has 3 nitrogen and oxygen atoms in total. The molecule has 1 rings (SSSR count). The van der Waals surface area contributed by atoms with Crippen LogP contribution in [-0.4, -0.2) is 16.3 Å². The second-order valence-electron chi connectivity index (χ2n) is 4.34. The van der Waals surface area contributed by atoms with Gasteiger partial charge in [-0.3, -0.25) is 0 Å². The number of nitriles is 1. The van der Waals surface area contributed by atoms with Gasteiger partial charge in [0.1, 0.15) is 6.07 Å². The number of nitrogens with zero attached hydrogens (tertiary/aromatic N) is 2. The average molecular weight is 220 g/mol.